The molecule has 0 amide bonds. The number of nitrogens with zero attached hydrogens (tertiary/aromatic N) is 2. The van der Waals surface area contributed by atoms with Gasteiger partial charge in [-0.15, -0.1) is 0 Å². The van der Waals surface area contributed by atoms with Gasteiger partial charge in [0.1, 0.15) is 5.82 Å². The third-order valence-electron chi connectivity index (χ3n) is 1.62. The highest BCUT2D eigenvalue weighted by molar-refractivity contribution is 7.09. The number of anilines is 1. The van der Waals surface area contributed by atoms with Crippen molar-refractivity contribution in [1.82, 2.24) is 14.3 Å². The van der Waals surface area contributed by atoms with Gasteiger partial charge in [-0.1, -0.05) is 0 Å². The van der Waals surface area contributed by atoms with Gasteiger partial charge in [-0.05, 0) is 19.1 Å². The molecule has 0 aliphatic heterocycles. The van der Waals surface area contributed by atoms with Gasteiger partial charge in [-0.3, -0.25) is 0 Å². The Bertz CT molecular complexity index is 365. The fraction of sp³-hybridized carbons (Fsp3) is 0.250. The summed E-state index contributed by atoms with van der Waals surface area (Å²) in [4.78, 5) is 7.30. The predicted octanol–water partition coefficient (Wildman–Crippen LogP) is 1.79. The molecule has 0 fully saturated rings. The molecule has 0 saturated carbocycles. The molecule has 0 aliphatic rings. The first kappa shape index (κ1) is 8.25. The summed E-state index contributed by atoms with van der Waals surface area (Å²) >= 11 is 1.39. The maximum absolute atomic E-state index is 4.19. The van der Waals surface area contributed by atoms with Gasteiger partial charge >= 0.3 is 0 Å². The van der Waals surface area contributed by atoms with E-state index in [0.717, 1.165) is 23.2 Å². The average molecular weight is 194 g/mol. The van der Waals surface area contributed by atoms with E-state index in [1.807, 2.05) is 25.3 Å². The lowest BCUT2D eigenvalue weighted by Crippen LogP contribution is -1.98. The summed E-state index contributed by atoms with van der Waals surface area (Å²) in [6, 6.07) is 4.00. The van der Waals surface area contributed by atoms with Gasteiger partial charge in [0.25, 0.3) is 0 Å². The first-order valence-electron chi connectivity index (χ1n) is 4.01. The minimum Gasteiger partial charge on any atom is -0.364 e. The first-order valence-corrected chi connectivity index (χ1v) is 4.78. The second-order valence-electron chi connectivity index (χ2n) is 2.70. The van der Waals surface area contributed by atoms with Crippen LogP contribution in [0, 0.1) is 6.92 Å². The molecule has 2 aromatic heterocycles. The summed E-state index contributed by atoms with van der Waals surface area (Å²) in [6.45, 7) is 2.65. The van der Waals surface area contributed by atoms with Crippen molar-refractivity contribution < 1.29 is 0 Å². The Hall–Kier alpha value is -1.36. The fourth-order valence-corrected chi connectivity index (χ4v) is 1.59. The van der Waals surface area contributed by atoms with Crippen LogP contribution in [0.15, 0.2) is 18.3 Å². The predicted molar refractivity (Wildman–Crippen MR) is 52.8 cm³/mol. The van der Waals surface area contributed by atoms with Crippen LogP contribution in [0.25, 0.3) is 0 Å². The molecular formula is C8H10N4S. The summed E-state index contributed by atoms with van der Waals surface area (Å²) < 4.78 is 4.07. The normalized spacial score (nSPS) is 10.2. The lowest BCUT2D eigenvalue weighted by atomic mass is 10.4. The van der Waals surface area contributed by atoms with Gasteiger partial charge in [0.2, 0.25) is 5.13 Å². The molecule has 2 N–H and O–H groups in total. The summed E-state index contributed by atoms with van der Waals surface area (Å²) in [5, 5.41) is 4.05. The van der Waals surface area contributed by atoms with E-state index in [1.165, 1.54) is 11.5 Å². The SMILES string of the molecule is Cc1nsc(NCc2ccc[nH]2)n1. The van der Waals surface area contributed by atoms with Crippen molar-refractivity contribution in [3.05, 3.63) is 29.8 Å². The van der Waals surface area contributed by atoms with Gasteiger partial charge < -0.3 is 10.3 Å². The molecule has 5 heteroatoms. The van der Waals surface area contributed by atoms with Crippen LogP contribution in [-0.2, 0) is 6.54 Å². The molecule has 0 atom stereocenters. The van der Waals surface area contributed by atoms with E-state index in [1.54, 1.807) is 0 Å². The Kier molecular flexibility index (Phi) is 2.27. The van der Waals surface area contributed by atoms with E-state index in [2.05, 4.69) is 19.7 Å². The molecule has 0 spiro atoms. The maximum Gasteiger partial charge on any atom is 0.202 e. The zero-order chi connectivity index (χ0) is 9.10. The number of aryl methyl sites for hydroxylation is 1. The monoisotopic (exact) mass is 194 g/mol. The maximum atomic E-state index is 4.19. The highest BCUT2D eigenvalue weighted by atomic mass is 32.1. The summed E-state index contributed by atoms with van der Waals surface area (Å²) in [5.74, 6) is 0.819. The summed E-state index contributed by atoms with van der Waals surface area (Å²) in [7, 11) is 0. The minimum atomic E-state index is 0.766. The Morgan fingerprint density at radius 2 is 2.54 bits per heavy atom. The highest BCUT2D eigenvalue weighted by Gasteiger charge is 1.98. The Morgan fingerprint density at radius 1 is 1.62 bits per heavy atom. The van der Waals surface area contributed by atoms with E-state index in [0.29, 0.717) is 0 Å². The van der Waals surface area contributed by atoms with Crippen molar-refractivity contribution in [2.75, 3.05) is 5.32 Å². The van der Waals surface area contributed by atoms with Gasteiger partial charge in [0.15, 0.2) is 0 Å². The molecule has 2 aromatic rings. The van der Waals surface area contributed by atoms with Gasteiger partial charge in [-0.25, -0.2) is 4.98 Å². The third-order valence-corrected chi connectivity index (χ3v) is 2.38. The van der Waals surface area contributed by atoms with E-state index in [4.69, 9.17) is 0 Å². The minimum absolute atomic E-state index is 0.766. The molecule has 2 heterocycles. The summed E-state index contributed by atoms with van der Waals surface area (Å²) in [5.41, 5.74) is 1.15. The third kappa shape index (κ3) is 2.06. The Morgan fingerprint density at radius 3 is 3.15 bits per heavy atom. The smallest absolute Gasteiger partial charge is 0.202 e. The van der Waals surface area contributed by atoms with E-state index in [9.17, 15) is 0 Å². The molecule has 68 valence electrons. The van der Waals surface area contributed by atoms with Crippen molar-refractivity contribution in [2.24, 2.45) is 0 Å². The Balaban J connectivity index is 1.93. The van der Waals surface area contributed by atoms with Gasteiger partial charge in [-0.2, -0.15) is 4.37 Å². The molecule has 0 saturated heterocycles. The molecular weight excluding hydrogens is 184 g/mol. The zero-order valence-electron chi connectivity index (χ0n) is 7.24. The molecule has 13 heavy (non-hydrogen) atoms. The van der Waals surface area contributed by atoms with E-state index < -0.39 is 0 Å². The standard InChI is InChI=1S/C8H10N4S/c1-6-11-8(13-12-6)10-5-7-3-2-4-9-7/h2-4,9H,5H2,1H3,(H,10,11,12). The van der Waals surface area contributed by atoms with Crippen LogP contribution in [0.2, 0.25) is 0 Å². The molecule has 2 rings (SSSR count). The topological polar surface area (TPSA) is 53.6 Å². The quantitative estimate of drug-likeness (QED) is 0.783. The fourth-order valence-electron chi connectivity index (χ4n) is 1.02. The van der Waals surface area contributed by atoms with Crippen molar-refractivity contribution in [2.45, 2.75) is 13.5 Å². The van der Waals surface area contributed by atoms with E-state index in [-0.39, 0.29) is 0 Å². The van der Waals surface area contributed by atoms with Crippen LogP contribution in [0.1, 0.15) is 11.5 Å². The van der Waals surface area contributed by atoms with Gasteiger partial charge in [0, 0.05) is 23.4 Å². The summed E-state index contributed by atoms with van der Waals surface area (Å²) in [6.07, 6.45) is 1.91. The van der Waals surface area contributed by atoms with Crippen LogP contribution in [0.4, 0.5) is 5.13 Å². The number of rotatable bonds is 3. The number of H-pyrrole nitrogens is 1. The van der Waals surface area contributed by atoms with Crippen molar-refractivity contribution in [3.63, 3.8) is 0 Å². The van der Waals surface area contributed by atoms with Crippen LogP contribution < -0.4 is 5.32 Å². The van der Waals surface area contributed by atoms with Crippen molar-refractivity contribution in [1.29, 1.82) is 0 Å². The average Bonchev–Trinajstić information content (AvgIpc) is 2.71. The van der Waals surface area contributed by atoms with Crippen LogP contribution in [-0.4, -0.2) is 14.3 Å². The molecule has 0 aliphatic carbocycles. The van der Waals surface area contributed by atoms with Crippen LogP contribution >= 0.6 is 11.5 Å². The number of aromatic amines is 1. The van der Waals surface area contributed by atoms with Crippen molar-refractivity contribution in [3.8, 4) is 0 Å². The number of nitrogens with one attached hydrogen (secondary N) is 2. The number of hydrogen-bond donors (Lipinski definition) is 2. The van der Waals surface area contributed by atoms with E-state index >= 15 is 0 Å². The number of aromatic nitrogens is 3. The zero-order valence-corrected chi connectivity index (χ0v) is 8.06. The van der Waals surface area contributed by atoms with Crippen LogP contribution in [0.5, 0.6) is 0 Å². The lowest BCUT2D eigenvalue weighted by molar-refractivity contribution is 1.06. The number of hydrogen-bond acceptors (Lipinski definition) is 4. The Labute approximate surface area is 80.2 Å². The lowest BCUT2D eigenvalue weighted by Gasteiger charge is -1.97. The second-order valence-corrected chi connectivity index (χ2v) is 3.45. The van der Waals surface area contributed by atoms with Gasteiger partial charge in [0.05, 0.1) is 6.54 Å². The van der Waals surface area contributed by atoms with Crippen molar-refractivity contribution >= 4 is 16.7 Å². The first-order chi connectivity index (χ1) is 6.34. The highest BCUT2D eigenvalue weighted by Crippen LogP contribution is 2.10. The molecule has 4 nitrogen and oxygen atoms in total. The molecule has 0 radical (unpaired) electrons. The molecule has 0 aromatic carbocycles. The molecule has 0 unspecified atom stereocenters. The molecule has 0 bridgehead atoms. The largest absolute Gasteiger partial charge is 0.364 e. The van der Waals surface area contributed by atoms with Crippen LogP contribution in [0.3, 0.4) is 0 Å². The second kappa shape index (κ2) is 3.57.